The predicted octanol–water partition coefficient (Wildman–Crippen LogP) is 1.70. The number of aromatic nitrogens is 4. The second-order valence-corrected chi connectivity index (χ2v) is 4.90. The van der Waals surface area contributed by atoms with Crippen LogP contribution in [0.1, 0.15) is 15.9 Å². The van der Waals surface area contributed by atoms with Crippen molar-refractivity contribution >= 4 is 5.78 Å². The minimum Gasteiger partial charge on any atom is -0.388 e. The number of ketones is 1. The van der Waals surface area contributed by atoms with Crippen molar-refractivity contribution in [2.24, 2.45) is 0 Å². The van der Waals surface area contributed by atoms with Gasteiger partial charge in [-0.05, 0) is 22.9 Å². The smallest absolute Gasteiger partial charge is 0.207 e. The molecular formula is C16H13FN4O2. The Morgan fingerprint density at radius 3 is 2.57 bits per heavy atom. The molecule has 0 amide bonds. The summed E-state index contributed by atoms with van der Waals surface area (Å²) in [5.74, 6) is -0.522. The first kappa shape index (κ1) is 15.0. The zero-order valence-corrected chi connectivity index (χ0v) is 12.1. The largest absolute Gasteiger partial charge is 0.388 e. The molecule has 0 unspecified atom stereocenters. The molecule has 0 aliphatic heterocycles. The van der Waals surface area contributed by atoms with Gasteiger partial charge in [-0.2, -0.15) is 4.80 Å². The highest BCUT2D eigenvalue weighted by molar-refractivity contribution is 5.96. The van der Waals surface area contributed by atoms with Gasteiger partial charge in [-0.1, -0.05) is 36.4 Å². The van der Waals surface area contributed by atoms with Crippen molar-refractivity contribution in [1.29, 1.82) is 0 Å². The van der Waals surface area contributed by atoms with Gasteiger partial charge in [0.25, 0.3) is 0 Å². The van der Waals surface area contributed by atoms with Gasteiger partial charge in [0.15, 0.2) is 5.78 Å². The van der Waals surface area contributed by atoms with Gasteiger partial charge >= 0.3 is 0 Å². The van der Waals surface area contributed by atoms with Crippen molar-refractivity contribution in [2.45, 2.75) is 6.54 Å². The summed E-state index contributed by atoms with van der Waals surface area (Å²) < 4.78 is 13.7. The number of aliphatic hydroxyl groups excluding tert-OH is 1. The Balaban J connectivity index is 1.77. The van der Waals surface area contributed by atoms with Crippen molar-refractivity contribution in [3.63, 3.8) is 0 Å². The summed E-state index contributed by atoms with van der Waals surface area (Å²) in [5.41, 5.74) is 1.59. The van der Waals surface area contributed by atoms with Crippen LogP contribution in [0.25, 0.3) is 11.4 Å². The van der Waals surface area contributed by atoms with Crippen LogP contribution < -0.4 is 0 Å². The fraction of sp³-hybridized carbons (Fsp3) is 0.125. The molecule has 0 aliphatic carbocycles. The van der Waals surface area contributed by atoms with E-state index in [2.05, 4.69) is 15.4 Å². The standard InChI is InChI=1S/C16H13FN4O2/c17-14-4-2-1-3-13(14)16-18-20-21(19-16)9-11-5-7-12(8-6-11)15(23)10-22/h1-8,22H,9-10H2. The van der Waals surface area contributed by atoms with Gasteiger partial charge in [-0.25, -0.2) is 4.39 Å². The minimum absolute atomic E-state index is 0.218. The first-order valence-electron chi connectivity index (χ1n) is 6.93. The highest BCUT2D eigenvalue weighted by Crippen LogP contribution is 2.17. The second kappa shape index (κ2) is 6.45. The van der Waals surface area contributed by atoms with E-state index in [4.69, 9.17) is 5.11 Å². The van der Waals surface area contributed by atoms with Crippen LogP contribution in [0.4, 0.5) is 4.39 Å². The Bertz CT molecular complexity index is 830. The SMILES string of the molecule is O=C(CO)c1ccc(Cn2nnc(-c3ccccc3F)n2)cc1. The number of nitrogens with zero attached hydrogens (tertiary/aromatic N) is 4. The van der Waals surface area contributed by atoms with Gasteiger partial charge in [0, 0.05) is 5.56 Å². The van der Waals surface area contributed by atoms with E-state index in [0.29, 0.717) is 17.7 Å². The Labute approximate surface area is 131 Å². The van der Waals surface area contributed by atoms with Crippen LogP contribution in [-0.4, -0.2) is 37.7 Å². The lowest BCUT2D eigenvalue weighted by atomic mass is 10.1. The molecule has 0 saturated carbocycles. The minimum atomic E-state index is -0.518. The number of halogens is 1. The molecule has 2 aromatic carbocycles. The summed E-state index contributed by atoms with van der Waals surface area (Å²) in [6.45, 7) is -0.176. The molecule has 0 saturated heterocycles. The Kier molecular flexibility index (Phi) is 4.20. The van der Waals surface area contributed by atoms with E-state index >= 15 is 0 Å². The average Bonchev–Trinajstić information content (AvgIpc) is 3.03. The van der Waals surface area contributed by atoms with E-state index in [9.17, 15) is 9.18 Å². The third-order valence-corrected chi connectivity index (χ3v) is 3.31. The molecule has 7 heteroatoms. The molecule has 3 rings (SSSR count). The summed E-state index contributed by atoms with van der Waals surface area (Å²) in [6.07, 6.45) is 0. The number of benzene rings is 2. The normalized spacial score (nSPS) is 10.7. The molecule has 23 heavy (non-hydrogen) atoms. The lowest BCUT2D eigenvalue weighted by Crippen LogP contribution is -2.06. The van der Waals surface area contributed by atoms with E-state index in [1.807, 2.05) is 0 Å². The van der Waals surface area contributed by atoms with E-state index in [0.717, 1.165) is 5.56 Å². The Hall–Kier alpha value is -2.93. The summed E-state index contributed by atoms with van der Waals surface area (Å²) >= 11 is 0. The predicted molar refractivity (Wildman–Crippen MR) is 80.2 cm³/mol. The first-order chi connectivity index (χ1) is 11.2. The van der Waals surface area contributed by atoms with Crippen molar-refractivity contribution < 1.29 is 14.3 Å². The molecule has 6 nitrogen and oxygen atoms in total. The van der Waals surface area contributed by atoms with Gasteiger partial charge < -0.3 is 5.11 Å². The number of hydrogen-bond donors (Lipinski definition) is 1. The number of carbonyl (C=O) groups is 1. The maximum Gasteiger partial charge on any atom is 0.207 e. The highest BCUT2D eigenvalue weighted by Gasteiger charge is 2.11. The quantitative estimate of drug-likeness (QED) is 0.725. The average molecular weight is 312 g/mol. The fourth-order valence-electron chi connectivity index (χ4n) is 2.11. The van der Waals surface area contributed by atoms with E-state index < -0.39 is 12.4 Å². The topological polar surface area (TPSA) is 80.9 Å². The molecular weight excluding hydrogens is 299 g/mol. The van der Waals surface area contributed by atoms with Crippen LogP contribution >= 0.6 is 0 Å². The van der Waals surface area contributed by atoms with Crippen molar-refractivity contribution in [3.8, 4) is 11.4 Å². The van der Waals surface area contributed by atoms with E-state index in [-0.39, 0.29) is 11.6 Å². The maximum absolute atomic E-state index is 13.7. The molecule has 1 aromatic heterocycles. The fourth-order valence-corrected chi connectivity index (χ4v) is 2.11. The number of rotatable bonds is 5. The van der Waals surface area contributed by atoms with Gasteiger partial charge in [0.05, 0.1) is 12.1 Å². The summed E-state index contributed by atoms with van der Waals surface area (Å²) in [7, 11) is 0. The molecule has 1 N–H and O–H groups in total. The van der Waals surface area contributed by atoms with Crippen LogP contribution in [-0.2, 0) is 6.54 Å². The van der Waals surface area contributed by atoms with Crippen LogP contribution in [0.15, 0.2) is 48.5 Å². The molecule has 0 bridgehead atoms. The summed E-state index contributed by atoms with van der Waals surface area (Å²) in [5, 5.41) is 20.7. The van der Waals surface area contributed by atoms with Gasteiger partial charge in [0.1, 0.15) is 12.4 Å². The monoisotopic (exact) mass is 312 g/mol. The van der Waals surface area contributed by atoms with Crippen LogP contribution in [0.3, 0.4) is 0 Å². The number of aliphatic hydroxyl groups is 1. The first-order valence-corrected chi connectivity index (χ1v) is 6.93. The molecule has 116 valence electrons. The van der Waals surface area contributed by atoms with Gasteiger partial charge in [-0.3, -0.25) is 4.79 Å². The lowest BCUT2D eigenvalue weighted by molar-refractivity contribution is 0.0903. The molecule has 0 aliphatic rings. The van der Waals surface area contributed by atoms with Crippen molar-refractivity contribution in [2.75, 3.05) is 6.61 Å². The summed E-state index contributed by atoms with van der Waals surface area (Å²) in [4.78, 5) is 12.7. The molecule has 3 aromatic rings. The van der Waals surface area contributed by atoms with Crippen molar-refractivity contribution in [3.05, 3.63) is 65.5 Å². The van der Waals surface area contributed by atoms with E-state index in [1.54, 1.807) is 42.5 Å². The van der Waals surface area contributed by atoms with Gasteiger partial charge in [0.2, 0.25) is 5.82 Å². The molecule has 0 spiro atoms. The number of hydrogen-bond acceptors (Lipinski definition) is 5. The van der Waals surface area contributed by atoms with E-state index in [1.165, 1.54) is 10.9 Å². The molecule has 0 radical (unpaired) electrons. The molecule has 0 atom stereocenters. The third kappa shape index (κ3) is 3.29. The number of Topliss-reactive ketones (excluding diaryl/α,β-unsaturated/α-hetero) is 1. The number of tetrazole rings is 1. The zero-order valence-electron chi connectivity index (χ0n) is 12.1. The van der Waals surface area contributed by atoms with Crippen molar-refractivity contribution in [1.82, 2.24) is 20.2 Å². The van der Waals surface area contributed by atoms with Crippen LogP contribution in [0.2, 0.25) is 0 Å². The summed E-state index contributed by atoms with van der Waals surface area (Å²) in [6, 6.07) is 13.0. The molecule has 1 heterocycles. The highest BCUT2D eigenvalue weighted by atomic mass is 19.1. The lowest BCUT2D eigenvalue weighted by Gasteiger charge is -2.02. The van der Waals surface area contributed by atoms with Crippen LogP contribution in [0.5, 0.6) is 0 Å². The maximum atomic E-state index is 13.7. The second-order valence-electron chi connectivity index (χ2n) is 4.90. The Morgan fingerprint density at radius 2 is 1.87 bits per heavy atom. The molecule has 0 fully saturated rings. The Morgan fingerprint density at radius 1 is 1.13 bits per heavy atom. The third-order valence-electron chi connectivity index (χ3n) is 3.31. The zero-order chi connectivity index (χ0) is 16.2. The van der Waals surface area contributed by atoms with Crippen LogP contribution in [0, 0.1) is 5.82 Å². The number of carbonyl (C=O) groups excluding carboxylic acids is 1. The van der Waals surface area contributed by atoms with Gasteiger partial charge in [-0.15, -0.1) is 10.2 Å².